The molecule has 7 heteroatoms. The molecule has 0 unspecified atom stereocenters. The van der Waals surface area contributed by atoms with Crippen LogP contribution in [0.4, 0.5) is 5.69 Å². The van der Waals surface area contributed by atoms with Crippen molar-refractivity contribution in [3.8, 4) is 11.6 Å². The molecular weight excluding hydrogens is 258 g/mol. The Kier molecular flexibility index (Phi) is 3.99. The maximum absolute atomic E-state index is 8.73. The van der Waals surface area contributed by atoms with Gasteiger partial charge in [-0.25, -0.2) is 9.97 Å². The molecule has 0 saturated heterocycles. The Morgan fingerprint density at radius 3 is 2.75 bits per heavy atom. The fourth-order valence-electron chi connectivity index (χ4n) is 1.56. The summed E-state index contributed by atoms with van der Waals surface area (Å²) in [6, 6.07) is 7.46. The van der Waals surface area contributed by atoms with Gasteiger partial charge in [-0.2, -0.15) is 0 Å². The van der Waals surface area contributed by atoms with Gasteiger partial charge < -0.3 is 20.6 Å². The largest absolute Gasteiger partial charge is 0.437 e. The summed E-state index contributed by atoms with van der Waals surface area (Å²) in [5.41, 5.74) is 6.70. The van der Waals surface area contributed by atoms with Gasteiger partial charge in [0.25, 0.3) is 0 Å². The van der Waals surface area contributed by atoms with Crippen molar-refractivity contribution in [2.24, 2.45) is 10.9 Å². The van der Waals surface area contributed by atoms with E-state index in [9.17, 15) is 0 Å². The van der Waals surface area contributed by atoms with Crippen LogP contribution in [0, 0.1) is 0 Å². The van der Waals surface area contributed by atoms with Crippen LogP contribution in [0.5, 0.6) is 11.6 Å². The van der Waals surface area contributed by atoms with Crippen molar-refractivity contribution in [3.63, 3.8) is 0 Å². The first-order valence-electron chi connectivity index (χ1n) is 5.86. The third kappa shape index (κ3) is 2.94. The van der Waals surface area contributed by atoms with Crippen LogP contribution >= 0.6 is 0 Å². The van der Waals surface area contributed by atoms with E-state index in [2.05, 4.69) is 15.1 Å². The monoisotopic (exact) mass is 273 g/mol. The average molecular weight is 273 g/mol. The van der Waals surface area contributed by atoms with Crippen molar-refractivity contribution in [1.29, 1.82) is 0 Å². The number of ether oxygens (including phenoxy) is 1. The second-order valence-corrected chi connectivity index (χ2v) is 4.19. The number of nitrogens with zero attached hydrogens (tertiary/aromatic N) is 4. The van der Waals surface area contributed by atoms with Crippen LogP contribution in [0.1, 0.15) is 5.69 Å². The number of anilines is 1. The molecule has 0 aliphatic carbocycles. The molecule has 104 valence electrons. The first kappa shape index (κ1) is 13.6. The molecule has 2 aromatic rings. The van der Waals surface area contributed by atoms with Gasteiger partial charge in [0.1, 0.15) is 5.75 Å². The lowest BCUT2D eigenvalue weighted by Crippen LogP contribution is -2.16. The number of nitrogens with two attached hydrogens (primary N) is 1. The Morgan fingerprint density at radius 1 is 1.30 bits per heavy atom. The van der Waals surface area contributed by atoms with E-state index in [4.69, 9.17) is 15.7 Å². The van der Waals surface area contributed by atoms with Gasteiger partial charge in [-0.05, 0) is 12.1 Å². The van der Waals surface area contributed by atoms with Crippen LogP contribution < -0.4 is 15.4 Å². The van der Waals surface area contributed by atoms with E-state index in [1.807, 2.05) is 37.2 Å². The van der Waals surface area contributed by atoms with Crippen LogP contribution in [0.2, 0.25) is 0 Å². The number of rotatable bonds is 4. The van der Waals surface area contributed by atoms with E-state index in [1.165, 1.54) is 12.4 Å². The van der Waals surface area contributed by atoms with Crippen molar-refractivity contribution in [3.05, 3.63) is 42.4 Å². The molecular formula is C13H15N5O2. The van der Waals surface area contributed by atoms with Crippen molar-refractivity contribution in [2.45, 2.75) is 0 Å². The summed E-state index contributed by atoms with van der Waals surface area (Å²) in [4.78, 5) is 9.99. The van der Waals surface area contributed by atoms with E-state index in [0.717, 1.165) is 5.69 Å². The first-order chi connectivity index (χ1) is 9.61. The van der Waals surface area contributed by atoms with Gasteiger partial charge in [0, 0.05) is 38.2 Å². The zero-order valence-electron chi connectivity index (χ0n) is 11.2. The van der Waals surface area contributed by atoms with Gasteiger partial charge in [-0.3, -0.25) is 0 Å². The molecule has 0 atom stereocenters. The standard InChI is InChI=1S/C13H15N5O2/c1-18(2)9-4-3-5-10(8-9)20-13-11(12(14)17-19)15-6-7-16-13/h3-8,19H,1-2H3,(H2,14,17). The molecule has 2 rings (SSSR count). The van der Waals surface area contributed by atoms with Crippen LogP contribution in [0.3, 0.4) is 0 Å². The van der Waals surface area contributed by atoms with Crippen LogP contribution in [-0.4, -0.2) is 35.1 Å². The van der Waals surface area contributed by atoms with E-state index in [1.54, 1.807) is 6.07 Å². The highest BCUT2D eigenvalue weighted by atomic mass is 16.5. The zero-order valence-corrected chi connectivity index (χ0v) is 11.2. The molecule has 1 heterocycles. The van der Waals surface area contributed by atoms with Crippen molar-refractivity contribution in [2.75, 3.05) is 19.0 Å². The zero-order chi connectivity index (χ0) is 14.5. The predicted octanol–water partition coefficient (Wildman–Crippen LogP) is 1.43. The molecule has 0 spiro atoms. The second-order valence-electron chi connectivity index (χ2n) is 4.19. The van der Waals surface area contributed by atoms with E-state index < -0.39 is 0 Å². The molecule has 1 aromatic carbocycles. The van der Waals surface area contributed by atoms with Gasteiger partial charge in [-0.1, -0.05) is 11.2 Å². The van der Waals surface area contributed by atoms with Crippen molar-refractivity contribution < 1.29 is 9.94 Å². The average Bonchev–Trinajstić information content (AvgIpc) is 2.47. The summed E-state index contributed by atoms with van der Waals surface area (Å²) in [5.74, 6) is 0.610. The molecule has 0 aliphatic heterocycles. The van der Waals surface area contributed by atoms with Crippen molar-refractivity contribution >= 4 is 11.5 Å². The highest BCUT2D eigenvalue weighted by molar-refractivity contribution is 5.97. The summed E-state index contributed by atoms with van der Waals surface area (Å²) in [5, 5.41) is 11.6. The smallest absolute Gasteiger partial charge is 0.249 e. The van der Waals surface area contributed by atoms with Gasteiger partial charge >= 0.3 is 0 Å². The highest BCUT2D eigenvalue weighted by Crippen LogP contribution is 2.25. The number of benzene rings is 1. The van der Waals surface area contributed by atoms with Crippen LogP contribution in [0.15, 0.2) is 41.8 Å². The third-order valence-corrected chi connectivity index (χ3v) is 2.56. The third-order valence-electron chi connectivity index (χ3n) is 2.56. The number of hydrogen-bond donors (Lipinski definition) is 2. The maximum Gasteiger partial charge on any atom is 0.249 e. The molecule has 1 aromatic heterocycles. The van der Waals surface area contributed by atoms with Gasteiger partial charge in [0.05, 0.1) is 0 Å². The molecule has 20 heavy (non-hydrogen) atoms. The van der Waals surface area contributed by atoms with Gasteiger partial charge in [0.15, 0.2) is 11.5 Å². The lowest BCUT2D eigenvalue weighted by molar-refractivity contribution is 0.318. The molecule has 0 bridgehead atoms. The van der Waals surface area contributed by atoms with Crippen LogP contribution in [-0.2, 0) is 0 Å². The Balaban J connectivity index is 2.33. The highest BCUT2D eigenvalue weighted by Gasteiger charge is 2.12. The number of oxime groups is 1. The van der Waals surface area contributed by atoms with E-state index >= 15 is 0 Å². The summed E-state index contributed by atoms with van der Waals surface area (Å²) in [6.45, 7) is 0. The predicted molar refractivity (Wildman–Crippen MR) is 75.4 cm³/mol. The Hall–Kier alpha value is -2.83. The fraction of sp³-hybridized carbons (Fsp3) is 0.154. The topological polar surface area (TPSA) is 96.9 Å². The minimum absolute atomic E-state index is 0.156. The van der Waals surface area contributed by atoms with Gasteiger partial charge in [0.2, 0.25) is 5.88 Å². The quantitative estimate of drug-likeness (QED) is 0.378. The van der Waals surface area contributed by atoms with Crippen molar-refractivity contribution in [1.82, 2.24) is 9.97 Å². The van der Waals surface area contributed by atoms with Gasteiger partial charge in [-0.15, -0.1) is 0 Å². The lowest BCUT2D eigenvalue weighted by atomic mass is 10.3. The second kappa shape index (κ2) is 5.87. The minimum atomic E-state index is -0.156. The Bertz CT molecular complexity index is 628. The lowest BCUT2D eigenvalue weighted by Gasteiger charge is -2.14. The molecule has 0 aliphatic rings. The normalized spacial score (nSPS) is 11.2. The number of hydrogen-bond acceptors (Lipinski definition) is 6. The summed E-state index contributed by atoms with van der Waals surface area (Å²) in [6.07, 6.45) is 2.91. The van der Waals surface area contributed by atoms with Crippen LogP contribution in [0.25, 0.3) is 0 Å². The Morgan fingerprint density at radius 2 is 2.05 bits per heavy atom. The summed E-state index contributed by atoms with van der Waals surface area (Å²) < 4.78 is 5.65. The summed E-state index contributed by atoms with van der Waals surface area (Å²) in [7, 11) is 3.87. The Labute approximate surface area is 116 Å². The molecule has 3 N–H and O–H groups in total. The maximum atomic E-state index is 8.73. The molecule has 0 saturated carbocycles. The SMILES string of the molecule is CN(C)c1cccc(Oc2nccnc2C(N)=NO)c1. The van der Waals surface area contributed by atoms with E-state index in [-0.39, 0.29) is 17.4 Å². The molecule has 0 fully saturated rings. The molecule has 7 nitrogen and oxygen atoms in total. The van der Waals surface area contributed by atoms with E-state index in [0.29, 0.717) is 5.75 Å². The first-order valence-corrected chi connectivity index (χ1v) is 5.86. The number of amidine groups is 1. The minimum Gasteiger partial charge on any atom is -0.437 e. The fourth-order valence-corrected chi connectivity index (χ4v) is 1.56. The molecule has 0 radical (unpaired) electrons. The summed E-state index contributed by atoms with van der Waals surface area (Å²) >= 11 is 0. The number of aromatic nitrogens is 2. The molecule has 0 amide bonds.